The Hall–Kier alpha value is -5.84. The van der Waals surface area contributed by atoms with Crippen LogP contribution < -0.4 is 20.3 Å². The number of carbonyl (C=O) groups is 4. The number of hydrogen-bond donors (Lipinski definition) is 3. The molecule has 0 unspecified atom stereocenters. The summed E-state index contributed by atoms with van der Waals surface area (Å²) in [5.41, 5.74) is 1.21. The van der Waals surface area contributed by atoms with E-state index >= 15 is 0 Å². The molecule has 0 saturated carbocycles. The predicted octanol–water partition coefficient (Wildman–Crippen LogP) is 8.32. The summed E-state index contributed by atoms with van der Waals surface area (Å²) in [5.74, 6) is -0.311. The lowest BCUT2D eigenvalue weighted by Crippen LogP contribution is -2.56. The van der Waals surface area contributed by atoms with Gasteiger partial charge in [0.05, 0.1) is 18.7 Å². The van der Waals surface area contributed by atoms with Crippen LogP contribution in [0.5, 0.6) is 5.75 Å². The van der Waals surface area contributed by atoms with Gasteiger partial charge >= 0.3 is 12.5 Å². The Balaban J connectivity index is 1.16. The van der Waals surface area contributed by atoms with Gasteiger partial charge in [0, 0.05) is 66.7 Å². The van der Waals surface area contributed by atoms with Crippen molar-refractivity contribution in [3.8, 4) is 28.1 Å². The fourth-order valence-electron chi connectivity index (χ4n) is 7.85. The minimum Gasteiger partial charge on any atom is -0.453 e. The zero-order valence-corrected chi connectivity index (χ0v) is 36.6. The van der Waals surface area contributed by atoms with E-state index in [0.717, 1.165) is 6.07 Å². The number of hydrogen-bond acceptors (Lipinski definition) is 9. The van der Waals surface area contributed by atoms with Crippen molar-refractivity contribution in [2.24, 2.45) is 17.3 Å². The second-order valence-corrected chi connectivity index (χ2v) is 17.6. The molecular formula is C44H52ClF3N8O6. The highest BCUT2D eigenvalue weighted by Crippen LogP contribution is 2.40. The van der Waals surface area contributed by atoms with Gasteiger partial charge in [0.15, 0.2) is 0 Å². The molecule has 14 nitrogen and oxygen atoms in total. The quantitative estimate of drug-likeness (QED) is 0.142. The van der Waals surface area contributed by atoms with Crippen molar-refractivity contribution in [2.45, 2.75) is 79.4 Å². The average Bonchev–Trinajstić information content (AvgIpc) is 3.80. The normalized spacial score (nSPS) is 18.7. The highest BCUT2D eigenvalue weighted by atomic mass is 35.5. The zero-order chi connectivity index (χ0) is 45.3. The van der Waals surface area contributed by atoms with E-state index in [2.05, 4.69) is 30.2 Å². The van der Waals surface area contributed by atoms with E-state index in [-0.39, 0.29) is 51.7 Å². The van der Waals surface area contributed by atoms with Crippen molar-refractivity contribution in [1.82, 2.24) is 30.1 Å². The van der Waals surface area contributed by atoms with Gasteiger partial charge in [-0.1, -0.05) is 77.4 Å². The van der Waals surface area contributed by atoms with Gasteiger partial charge in [0.25, 0.3) is 5.91 Å². The van der Waals surface area contributed by atoms with Gasteiger partial charge in [-0.05, 0) is 55.0 Å². The summed E-state index contributed by atoms with van der Waals surface area (Å²) in [5, 5.41) is 5.48. The van der Waals surface area contributed by atoms with Crippen LogP contribution in [0.1, 0.15) is 77.1 Å². The highest BCUT2D eigenvalue weighted by molar-refractivity contribution is 6.32. The number of likely N-dealkylation sites (tertiary alicyclic amines) is 1. The number of nitrogens with one attached hydrogen (secondary N) is 3. The first-order valence-electron chi connectivity index (χ1n) is 20.4. The Bertz CT molecular complexity index is 2280. The molecule has 0 spiro atoms. The summed E-state index contributed by atoms with van der Waals surface area (Å²) < 4.78 is 50.4. The SMILES string of the molecule is COC(=O)N[C@H](C(=O)N1C[C@@H](C)C[C@H]1c1nc(-c2ccc(-c3ccc(NC(=O)c4ccc(N5CCN(C(=O)C(C)(C)C)C[C@H]5C)nc4)cc3OC(F)(F)F)cc2)c(Cl)[nH]1)C(C)C. The number of ether oxygens (including phenoxy) is 2. The molecule has 0 bridgehead atoms. The van der Waals surface area contributed by atoms with E-state index < -0.39 is 41.6 Å². The molecule has 6 rings (SSSR count). The molecule has 2 fully saturated rings. The number of methoxy groups -OCH3 is 1. The van der Waals surface area contributed by atoms with E-state index in [4.69, 9.17) is 21.3 Å². The van der Waals surface area contributed by atoms with Crippen molar-refractivity contribution in [2.75, 3.05) is 43.5 Å². The molecule has 2 aliphatic rings. The molecule has 0 radical (unpaired) electrons. The molecule has 4 heterocycles. The molecule has 4 aromatic rings. The van der Waals surface area contributed by atoms with Gasteiger partial charge in [0.2, 0.25) is 11.8 Å². The van der Waals surface area contributed by atoms with E-state index in [0.29, 0.717) is 61.1 Å². The number of nitrogens with zero attached hydrogens (tertiary/aromatic N) is 5. The van der Waals surface area contributed by atoms with E-state index in [1.54, 1.807) is 41.3 Å². The lowest BCUT2D eigenvalue weighted by atomic mass is 9.94. The van der Waals surface area contributed by atoms with Gasteiger partial charge in [0.1, 0.15) is 34.3 Å². The van der Waals surface area contributed by atoms with Crippen molar-refractivity contribution >= 4 is 46.9 Å². The third-order valence-corrected chi connectivity index (χ3v) is 11.2. The minimum atomic E-state index is -5.03. The predicted molar refractivity (Wildman–Crippen MR) is 229 cm³/mol. The second-order valence-electron chi connectivity index (χ2n) is 17.2. The van der Waals surface area contributed by atoms with Crippen LogP contribution in [0.25, 0.3) is 22.4 Å². The van der Waals surface area contributed by atoms with Gasteiger partial charge in [-0.25, -0.2) is 14.8 Å². The maximum absolute atomic E-state index is 13.7. The maximum atomic E-state index is 13.7. The standard InChI is InChI=1S/C44H52ClF3N8O6/c1-24(2)35(52-42(60)61-8)40(58)56-22-25(3)19-32(56)38-51-36(37(45)53-38)28-11-9-27(10-12-28)31-15-14-30(20-33(31)62-44(46,47)48)50-39(57)29-13-16-34(49-21-29)55-18-17-54(23-26(55)4)41(59)43(5,6)7/h9-16,20-21,24-26,32,35H,17-19,22-23H2,1-8H3,(H,50,57)(H,51,53)(H,52,60)/t25-,26+,32-,35-/m0/s1. The number of anilines is 2. The zero-order valence-electron chi connectivity index (χ0n) is 35.9. The number of halogens is 4. The molecule has 18 heteroatoms. The Morgan fingerprint density at radius 1 is 0.952 bits per heavy atom. The number of alkyl halides is 3. The first-order valence-corrected chi connectivity index (χ1v) is 20.8. The number of aromatic amines is 1. The number of pyridine rings is 1. The molecule has 2 aliphatic heterocycles. The highest BCUT2D eigenvalue weighted by Gasteiger charge is 2.41. The third kappa shape index (κ3) is 10.4. The van der Waals surface area contributed by atoms with Crippen molar-refractivity contribution in [3.05, 3.63) is 77.3 Å². The number of amides is 4. The van der Waals surface area contributed by atoms with Crippen LogP contribution in [0.15, 0.2) is 60.8 Å². The van der Waals surface area contributed by atoms with Crippen LogP contribution in [0, 0.1) is 17.3 Å². The molecular weight excluding hydrogens is 829 g/mol. The number of piperazine rings is 1. The smallest absolute Gasteiger partial charge is 0.453 e. The molecule has 0 aliphatic carbocycles. The summed E-state index contributed by atoms with van der Waals surface area (Å²) in [6, 6.07) is 12.5. The van der Waals surface area contributed by atoms with E-state index in [1.807, 2.05) is 53.4 Å². The van der Waals surface area contributed by atoms with Crippen molar-refractivity contribution in [3.63, 3.8) is 0 Å². The first kappa shape index (κ1) is 45.7. The number of benzene rings is 2. The Morgan fingerprint density at radius 2 is 1.65 bits per heavy atom. The first-order chi connectivity index (χ1) is 29.1. The number of aromatic nitrogens is 3. The number of alkyl carbamates (subject to hydrolysis) is 1. The average molecular weight is 881 g/mol. The summed E-state index contributed by atoms with van der Waals surface area (Å²) in [7, 11) is 1.23. The van der Waals surface area contributed by atoms with Gasteiger partial charge in [-0.2, -0.15) is 0 Å². The van der Waals surface area contributed by atoms with E-state index in [9.17, 15) is 32.3 Å². The minimum absolute atomic E-state index is 0.0153. The number of rotatable bonds is 10. The van der Waals surface area contributed by atoms with Crippen LogP contribution in [0.4, 0.5) is 29.5 Å². The van der Waals surface area contributed by atoms with Crippen LogP contribution in [0.2, 0.25) is 5.15 Å². The van der Waals surface area contributed by atoms with Gasteiger partial charge in [-0.15, -0.1) is 13.2 Å². The molecule has 4 atom stereocenters. The fraction of sp³-hybridized carbons (Fsp3) is 0.455. The van der Waals surface area contributed by atoms with Crippen LogP contribution >= 0.6 is 11.6 Å². The van der Waals surface area contributed by atoms with Gasteiger partial charge in [-0.3, -0.25) is 14.4 Å². The number of imidazole rings is 1. The fourth-order valence-corrected chi connectivity index (χ4v) is 8.10. The molecule has 62 heavy (non-hydrogen) atoms. The molecule has 2 aromatic heterocycles. The van der Waals surface area contributed by atoms with E-state index in [1.165, 1.54) is 25.4 Å². The second kappa shape index (κ2) is 18.2. The molecule has 3 N–H and O–H groups in total. The lowest BCUT2D eigenvalue weighted by molar-refractivity contribution is -0.274. The summed E-state index contributed by atoms with van der Waals surface area (Å²) >= 11 is 6.66. The monoisotopic (exact) mass is 880 g/mol. The van der Waals surface area contributed by atoms with Crippen LogP contribution in [-0.4, -0.2) is 100 Å². The topological polar surface area (TPSA) is 162 Å². The summed E-state index contributed by atoms with van der Waals surface area (Å²) in [6.07, 6.45) is -3.75. The van der Waals surface area contributed by atoms with Crippen molar-refractivity contribution in [1.29, 1.82) is 0 Å². The molecule has 332 valence electrons. The largest absolute Gasteiger partial charge is 0.573 e. The van der Waals surface area contributed by atoms with Crippen LogP contribution in [-0.2, 0) is 14.3 Å². The van der Waals surface area contributed by atoms with Crippen molar-refractivity contribution < 1.29 is 41.8 Å². The van der Waals surface area contributed by atoms with Gasteiger partial charge < -0.3 is 39.8 Å². The maximum Gasteiger partial charge on any atom is 0.573 e. The number of H-pyrrole nitrogens is 1. The summed E-state index contributed by atoms with van der Waals surface area (Å²) in [4.78, 5) is 69.8. The Morgan fingerprint density at radius 3 is 2.24 bits per heavy atom. The molecule has 2 saturated heterocycles. The third-order valence-electron chi connectivity index (χ3n) is 11.0. The molecule has 4 amide bonds. The Labute approximate surface area is 363 Å². The Kier molecular flexibility index (Phi) is 13.4. The summed E-state index contributed by atoms with van der Waals surface area (Å²) in [6.45, 7) is 15.4. The molecule has 2 aromatic carbocycles. The lowest BCUT2D eigenvalue weighted by Gasteiger charge is -2.42. The number of carbonyl (C=O) groups excluding carboxylic acids is 4. The van der Waals surface area contributed by atoms with Crippen LogP contribution in [0.3, 0.4) is 0 Å².